The molecule has 2 aromatic rings. The van der Waals surface area contributed by atoms with Crippen molar-refractivity contribution in [3.8, 4) is 0 Å². The van der Waals surface area contributed by atoms with Crippen molar-refractivity contribution in [3.05, 3.63) is 64.1 Å². The maximum Gasteiger partial charge on any atom is 0.0590 e. The summed E-state index contributed by atoms with van der Waals surface area (Å²) in [6.07, 6.45) is 1.66. The predicted octanol–water partition coefficient (Wildman–Crippen LogP) is 4.46. The summed E-state index contributed by atoms with van der Waals surface area (Å²) in [5.74, 6) is 0. The third kappa shape index (κ3) is 3.03. The predicted molar refractivity (Wildman–Crippen MR) is 78.9 cm³/mol. The van der Waals surface area contributed by atoms with Crippen LogP contribution in [-0.4, -0.2) is 13.3 Å². The molecule has 2 aromatic carbocycles. The number of nitrogens with zero attached hydrogens (tertiary/aromatic N) is 2. The van der Waals surface area contributed by atoms with Gasteiger partial charge in [0.1, 0.15) is 0 Å². The second-order valence-corrected chi connectivity index (χ2v) is 4.55. The average molecular weight is 279 g/mol. The van der Waals surface area contributed by atoms with Gasteiger partial charge in [0.25, 0.3) is 0 Å². The van der Waals surface area contributed by atoms with Crippen molar-refractivity contribution < 1.29 is 0 Å². The average Bonchev–Trinajstić information content (AvgIpc) is 2.39. The van der Waals surface area contributed by atoms with Crippen LogP contribution >= 0.6 is 23.2 Å². The van der Waals surface area contributed by atoms with Crippen LogP contribution in [0.1, 0.15) is 5.56 Å². The number of hydrazone groups is 1. The van der Waals surface area contributed by atoms with E-state index in [9.17, 15) is 0 Å². The fourth-order valence-corrected chi connectivity index (χ4v) is 1.98. The molecule has 0 unspecified atom stereocenters. The van der Waals surface area contributed by atoms with Gasteiger partial charge in [-0.2, -0.15) is 5.10 Å². The lowest BCUT2D eigenvalue weighted by atomic mass is 10.2. The van der Waals surface area contributed by atoms with E-state index in [1.807, 2.05) is 43.4 Å². The molecule has 18 heavy (non-hydrogen) atoms. The van der Waals surface area contributed by atoms with E-state index in [4.69, 9.17) is 23.2 Å². The van der Waals surface area contributed by atoms with E-state index >= 15 is 0 Å². The van der Waals surface area contributed by atoms with Gasteiger partial charge >= 0.3 is 0 Å². The summed E-state index contributed by atoms with van der Waals surface area (Å²) in [4.78, 5) is 0. The summed E-state index contributed by atoms with van der Waals surface area (Å²) in [6, 6.07) is 15.2. The van der Waals surface area contributed by atoms with E-state index in [-0.39, 0.29) is 0 Å². The standard InChI is InChI=1S/C14H12Cl2N2/c1-18(11-6-3-2-4-7-11)17-10-12-13(15)8-5-9-14(12)16/h2-10H,1H3. The summed E-state index contributed by atoms with van der Waals surface area (Å²) < 4.78 is 0. The zero-order valence-electron chi connectivity index (χ0n) is 9.85. The Hall–Kier alpha value is -1.51. The van der Waals surface area contributed by atoms with Crippen LogP contribution in [0.25, 0.3) is 0 Å². The fourth-order valence-electron chi connectivity index (χ4n) is 1.49. The summed E-state index contributed by atoms with van der Waals surface area (Å²) in [5, 5.41) is 7.27. The molecular formula is C14H12Cl2N2. The largest absolute Gasteiger partial charge is 0.269 e. The molecule has 4 heteroatoms. The molecule has 0 aliphatic rings. The first-order valence-electron chi connectivity index (χ1n) is 5.45. The highest BCUT2D eigenvalue weighted by Crippen LogP contribution is 2.22. The van der Waals surface area contributed by atoms with Crippen molar-refractivity contribution >= 4 is 35.1 Å². The van der Waals surface area contributed by atoms with Crippen molar-refractivity contribution in [2.24, 2.45) is 5.10 Å². The van der Waals surface area contributed by atoms with Gasteiger partial charge in [-0.25, -0.2) is 0 Å². The Bertz CT molecular complexity index is 533. The van der Waals surface area contributed by atoms with E-state index in [1.165, 1.54) is 0 Å². The van der Waals surface area contributed by atoms with Gasteiger partial charge < -0.3 is 0 Å². The summed E-state index contributed by atoms with van der Waals surface area (Å²) in [7, 11) is 1.87. The quantitative estimate of drug-likeness (QED) is 0.598. The molecular weight excluding hydrogens is 267 g/mol. The van der Waals surface area contributed by atoms with Crippen LogP contribution in [0, 0.1) is 0 Å². The molecule has 0 aliphatic carbocycles. The zero-order valence-corrected chi connectivity index (χ0v) is 11.4. The molecule has 0 saturated carbocycles. The molecule has 2 nitrogen and oxygen atoms in total. The second-order valence-electron chi connectivity index (χ2n) is 3.74. The first-order chi connectivity index (χ1) is 8.68. The van der Waals surface area contributed by atoms with Gasteiger partial charge in [0.2, 0.25) is 0 Å². The van der Waals surface area contributed by atoms with Gasteiger partial charge in [0.15, 0.2) is 0 Å². The minimum atomic E-state index is 0.590. The summed E-state index contributed by atoms with van der Waals surface area (Å²) >= 11 is 12.1. The molecule has 2 rings (SSSR count). The van der Waals surface area contributed by atoms with E-state index < -0.39 is 0 Å². The molecule has 0 aromatic heterocycles. The molecule has 0 atom stereocenters. The van der Waals surface area contributed by atoms with Gasteiger partial charge in [-0.05, 0) is 24.3 Å². The highest BCUT2D eigenvalue weighted by Gasteiger charge is 2.03. The number of anilines is 1. The number of halogens is 2. The highest BCUT2D eigenvalue weighted by atomic mass is 35.5. The lowest BCUT2D eigenvalue weighted by molar-refractivity contribution is 1.02. The molecule has 0 N–H and O–H groups in total. The smallest absolute Gasteiger partial charge is 0.0590 e. The Morgan fingerprint density at radius 3 is 2.17 bits per heavy atom. The number of hydrogen-bond donors (Lipinski definition) is 0. The van der Waals surface area contributed by atoms with Crippen molar-refractivity contribution in [1.29, 1.82) is 0 Å². The maximum absolute atomic E-state index is 6.06. The monoisotopic (exact) mass is 278 g/mol. The van der Waals surface area contributed by atoms with Gasteiger partial charge in [-0.3, -0.25) is 5.01 Å². The third-order valence-corrected chi connectivity index (χ3v) is 3.15. The zero-order chi connectivity index (χ0) is 13.0. The Morgan fingerprint density at radius 1 is 0.944 bits per heavy atom. The highest BCUT2D eigenvalue weighted by molar-refractivity contribution is 6.38. The molecule has 0 bridgehead atoms. The van der Waals surface area contributed by atoms with Crippen LogP contribution in [0.4, 0.5) is 5.69 Å². The van der Waals surface area contributed by atoms with Crippen molar-refractivity contribution in [1.82, 2.24) is 0 Å². The molecule has 0 fully saturated rings. The molecule has 0 saturated heterocycles. The lowest BCUT2D eigenvalue weighted by Crippen LogP contribution is -2.08. The van der Waals surface area contributed by atoms with Gasteiger partial charge in [-0.1, -0.05) is 47.5 Å². The number of benzene rings is 2. The minimum Gasteiger partial charge on any atom is -0.269 e. The molecule has 0 spiro atoms. The van der Waals surface area contributed by atoms with Crippen LogP contribution in [0.2, 0.25) is 10.0 Å². The Labute approximate surface area is 116 Å². The lowest BCUT2D eigenvalue weighted by Gasteiger charge is -2.12. The minimum absolute atomic E-state index is 0.590. The summed E-state index contributed by atoms with van der Waals surface area (Å²) in [5.41, 5.74) is 1.72. The van der Waals surface area contributed by atoms with Gasteiger partial charge in [0, 0.05) is 12.6 Å². The van der Waals surface area contributed by atoms with E-state index in [2.05, 4.69) is 5.10 Å². The van der Waals surface area contributed by atoms with Crippen LogP contribution in [0.5, 0.6) is 0 Å². The van der Waals surface area contributed by atoms with Crippen LogP contribution in [-0.2, 0) is 0 Å². The molecule has 92 valence electrons. The van der Waals surface area contributed by atoms with Crippen LogP contribution < -0.4 is 5.01 Å². The molecule has 0 amide bonds. The summed E-state index contributed by atoms with van der Waals surface area (Å²) in [6.45, 7) is 0. The van der Waals surface area contributed by atoms with Crippen molar-refractivity contribution in [2.45, 2.75) is 0 Å². The van der Waals surface area contributed by atoms with E-state index in [0.717, 1.165) is 11.3 Å². The normalized spacial score (nSPS) is 10.8. The van der Waals surface area contributed by atoms with E-state index in [0.29, 0.717) is 10.0 Å². The second kappa shape index (κ2) is 5.89. The Morgan fingerprint density at radius 2 is 1.56 bits per heavy atom. The number of para-hydroxylation sites is 1. The number of rotatable bonds is 3. The SMILES string of the molecule is CN(N=Cc1c(Cl)cccc1Cl)c1ccccc1. The first-order valence-corrected chi connectivity index (χ1v) is 6.21. The number of hydrogen-bond acceptors (Lipinski definition) is 2. The molecule has 0 aliphatic heterocycles. The first kappa shape index (κ1) is 12.9. The van der Waals surface area contributed by atoms with Crippen molar-refractivity contribution in [2.75, 3.05) is 12.1 Å². The Kier molecular flexibility index (Phi) is 4.24. The fraction of sp³-hybridized carbons (Fsp3) is 0.0714. The van der Waals surface area contributed by atoms with Gasteiger partial charge in [0.05, 0.1) is 21.9 Å². The van der Waals surface area contributed by atoms with Gasteiger partial charge in [-0.15, -0.1) is 0 Å². The molecule has 0 heterocycles. The maximum atomic E-state index is 6.06. The van der Waals surface area contributed by atoms with Crippen LogP contribution in [0.3, 0.4) is 0 Å². The van der Waals surface area contributed by atoms with E-state index in [1.54, 1.807) is 23.4 Å². The topological polar surface area (TPSA) is 15.6 Å². The van der Waals surface area contributed by atoms with Crippen LogP contribution in [0.15, 0.2) is 53.6 Å². The van der Waals surface area contributed by atoms with Crippen molar-refractivity contribution in [3.63, 3.8) is 0 Å². The third-order valence-electron chi connectivity index (χ3n) is 2.49. The Balaban J connectivity index is 2.21. The molecule has 0 radical (unpaired) electrons.